The third-order valence-corrected chi connectivity index (χ3v) is 3.14. The van der Waals surface area contributed by atoms with Crippen LogP contribution in [0.4, 0.5) is 0 Å². The smallest absolute Gasteiger partial charge is 0.330 e. The standard InChI is InChI=1S/C9H15NO2S/c1-4-13-8-6(2)5-7(10-8)9(11)12-3/h6-7H,4-5H2,1-3H3. The molecule has 0 N–H and O–H groups in total. The van der Waals surface area contributed by atoms with Gasteiger partial charge in [0.1, 0.15) is 6.04 Å². The highest BCUT2D eigenvalue weighted by atomic mass is 32.2. The van der Waals surface area contributed by atoms with Crippen LogP contribution < -0.4 is 0 Å². The maximum Gasteiger partial charge on any atom is 0.330 e. The van der Waals surface area contributed by atoms with Crippen molar-refractivity contribution >= 4 is 22.8 Å². The van der Waals surface area contributed by atoms with Gasteiger partial charge in [-0.1, -0.05) is 13.8 Å². The number of aliphatic imine (C=N–C) groups is 1. The Morgan fingerprint density at radius 3 is 3.00 bits per heavy atom. The van der Waals surface area contributed by atoms with E-state index in [1.165, 1.54) is 7.11 Å². The van der Waals surface area contributed by atoms with Crippen LogP contribution in [0.25, 0.3) is 0 Å². The Morgan fingerprint density at radius 2 is 2.46 bits per heavy atom. The summed E-state index contributed by atoms with van der Waals surface area (Å²) in [6.07, 6.45) is 0.801. The Kier molecular flexibility index (Phi) is 3.78. The normalized spacial score (nSPS) is 27.2. The second kappa shape index (κ2) is 4.65. The van der Waals surface area contributed by atoms with E-state index in [-0.39, 0.29) is 12.0 Å². The average molecular weight is 201 g/mol. The summed E-state index contributed by atoms with van der Waals surface area (Å²) in [6.45, 7) is 4.19. The van der Waals surface area contributed by atoms with Crippen LogP contribution in [0, 0.1) is 5.92 Å². The van der Waals surface area contributed by atoms with E-state index in [4.69, 9.17) is 0 Å². The van der Waals surface area contributed by atoms with E-state index in [1.54, 1.807) is 11.8 Å². The lowest BCUT2D eigenvalue weighted by molar-refractivity contribution is -0.142. The molecule has 2 atom stereocenters. The molecule has 0 saturated heterocycles. The monoisotopic (exact) mass is 201 g/mol. The van der Waals surface area contributed by atoms with Gasteiger partial charge in [-0.25, -0.2) is 4.79 Å². The molecule has 1 rings (SSSR count). The molecule has 3 nitrogen and oxygen atoms in total. The Balaban J connectivity index is 2.60. The van der Waals surface area contributed by atoms with Crippen LogP contribution in [-0.2, 0) is 9.53 Å². The summed E-state index contributed by atoms with van der Waals surface area (Å²) in [7, 11) is 1.41. The average Bonchev–Trinajstić information content (AvgIpc) is 2.47. The van der Waals surface area contributed by atoms with Gasteiger partial charge in [-0.15, -0.1) is 11.8 Å². The van der Waals surface area contributed by atoms with E-state index in [9.17, 15) is 4.79 Å². The molecule has 0 saturated carbocycles. The highest BCUT2D eigenvalue weighted by molar-refractivity contribution is 8.13. The number of carbonyl (C=O) groups is 1. The molecule has 13 heavy (non-hydrogen) atoms. The Labute approximate surface area is 82.9 Å². The number of carbonyl (C=O) groups excluding carboxylic acids is 1. The largest absolute Gasteiger partial charge is 0.467 e. The molecule has 0 amide bonds. The van der Waals surface area contributed by atoms with Gasteiger partial charge >= 0.3 is 5.97 Å². The van der Waals surface area contributed by atoms with Crippen molar-refractivity contribution in [1.82, 2.24) is 0 Å². The lowest BCUT2D eigenvalue weighted by Crippen LogP contribution is -2.18. The Hall–Kier alpha value is -0.510. The maximum atomic E-state index is 11.2. The Bertz CT molecular complexity index is 228. The van der Waals surface area contributed by atoms with Crippen LogP contribution in [0.1, 0.15) is 20.3 Å². The van der Waals surface area contributed by atoms with E-state index in [1.807, 2.05) is 0 Å². The number of methoxy groups -OCH3 is 1. The lowest BCUT2D eigenvalue weighted by atomic mass is 10.1. The topological polar surface area (TPSA) is 38.7 Å². The Morgan fingerprint density at radius 1 is 1.77 bits per heavy atom. The van der Waals surface area contributed by atoms with Crippen LogP contribution in [-0.4, -0.2) is 29.9 Å². The zero-order chi connectivity index (χ0) is 9.84. The van der Waals surface area contributed by atoms with Gasteiger partial charge in [0, 0.05) is 5.92 Å². The summed E-state index contributed by atoms with van der Waals surface area (Å²) in [5.74, 6) is 1.21. The minimum Gasteiger partial charge on any atom is -0.467 e. The fourth-order valence-corrected chi connectivity index (χ4v) is 2.26. The van der Waals surface area contributed by atoms with Gasteiger partial charge < -0.3 is 4.74 Å². The zero-order valence-corrected chi connectivity index (χ0v) is 9.06. The summed E-state index contributed by atoms with van der Waals surface area (Å²) in [4.78, 5) is 15.5. The van der Waals surface area contributed by atoms with Crippen molar-refractivity contribution in [3.05, 3.63) is 0 Å². The molecule has 0 aromatic rings. The first kappa shape index (κ1) is 10.6. The number of thioether (sulfide) groups is 1. The maximum absolute atomic E-state index is 11.2. The molecule has 4 heteroatoms. The number of rotatable bonds is 2. The number of esters is 1. The van der Waals surface area contributed by atoms with Crippen molar-refractivity contribution in [3.63, 3.8) is 0 Å². The van der Waals surface area contributed by atoms with E-state index in [2.05, 4.69) is 23.6 Å². The molecule has 1 aliphatic heterocycles. The lowest BCUT2D eigenvalue weighted by Gasteiger charge is -2.04. The van der Waals surface area contributed by atoms with Gasteiger partial charge in [0.05, 0.1) is 12.2 Å². The molecule has 0 radical (unpaired) electrons. The molecule has 0 aromatic heterocycles. The number of ether oxygens (including phenoxy) is 1. The van der Waals surface area contributed by atoms with Gasteiger partial charge in [-0.3, -0.25) is 4.99 Å². The van der Waals surface area contributed by atoms with Crippen molar-refractivity contribution in [2.45, 2.75) is 26.3 Å². The third-order valence-electron chi connectivity index (χ3n) is 2.05. The second-order valence-electron chi connectivity index (χ2n) is 3.08. The molecule has 0 spiro atoms. The van der Waals surface area contributed by atoms with Crippen molar-refractivity contribution in [2.24, 2.45) is 10.9 Å². The molecule has 0 aliphatic carbocycles. The van der Waals surface area contributed by atoms with Crippen molar-refractivity contribution < 1.29 is 9.53 Å². The molecule has 1 heterocycles. The predicted molar refractivity (Wildman–Crippen MR) is 55.2 cm³/mol. The molecule has 1 aliphatic rings. The minimum atomic E-state index is -0.256. The van der Waals surface area contributed by atoms with Gasteiger partial charge in [0.25, 0.3) is 0 Å². The molecular formula is C9H15NO2S. The molecule has 0 aromatic carbocycles. The first-order valence-corrected chi connectivity index (χ1v) is 5.46. The van der Waals surface area contributed by atoms with Crippen LogP contribution >= 0.6 is 11.8 Å². The third kappa shape index (κ3) is 2.46. The minimum absolute atomic E-state index is 0.210. The molecule has 2 unspecified atom stereocenters. The van der Waals surface area contributed by atoms with Crippen molar-refractivity contribution in [1.29, 1.82) is 0 Å². The zero-order valence-electron chi connectivity index (χ0n) is 8.24. The van der Waals surface area contributed by atoms with Gasteiger partial charge in [-0.05, 0) is 12.2 Å². The summed E-state index contributed by atoms with van der Waals surface area (Å²) in [5, 5.41) is 1.10. The quantitative estimate of drug-likeness (QED) is 0.638. The van der Waals surface area contributed by atoms with Gasteiger partial charge in [0.2, 0.25) is 0 Å². The van der Waals surface area contributed by atoms with Crippen molar-refractivity contribution in [2.75, 3.05) is 12.9 Å². The molecule has 0 fully saturated rings. The molecule has 0 bridgehead atoms. The summed E-state index contributed by atoms with van der Waals surface area (Å²) < 4.78 is 4.65. The van der Waals surface area contributed by atoms with Crippen LogP contribution in [0.2, 0.25) is 0 Å². The van der Waals surface area contributed by atoms with Crippen LogP contribution in [0.3, 0.4) is 0 Å². The van der Waals surface area contributed by atoms with E-state index in [0.717, 1.165) is 17.2 Å². The summed E-state index contributed by atoms with van der Waals surface area (Å²) in [6, 6.07) is -0.256. The first-order chi connectivity index (χ1) is 6.19. The number of hydrogen-bond acceptors (Lipinski definition) is 4. The molecule has 74 valence electrons. The highest BCUT2D eigenvalue weighted by Crippen LogP contribution is 2.26. The predicted octanol–water partition coefficient (Wildman–Crippen LogP) is 1.72. The van der Waals surface area contributed by atoms with E-state index < -0.39 is 0 Å². The first-order valence-electron chi connectivity index (χ1n) is 4.47. The fourth-order valence-electron chi connectivity index (χ4n) is 1.38. The van der Waals surface area contributed by atoms with E-state index in [0.29, 0.717) is 5.92 Å². The van der Waals surface area contributed by atoms with Crippen LogP contribution in [0.15, 0.2) is 4.99 Å². The second-order valence-corrected chi connectivity index (χ2v) is 4.36. The molecular weight excluding hydrogens is 186 g/mol. The summed E-state index contributed by atoms with van der Waals surface area (Å²) in [5.41, 5.74) is 0. The SMILES string of the molecule is CCSC1=NC(C(=O)OC)CC1C. The van der Waals surface area contributed by atoms with Crippen molar-refractivity contribution in [3.8, 4) is 0 Å². The van der Waals surface area contributed by atoms with Crippen LogP contribution in [0.5, 0.6) is 0 Å². The van der Waals surface area contributed by atoms with Gasteiger partial charge in [-0.2, -0.15) is 0 Å². The number of hydrogen-bond donors (Lipinski definition) is 0. The van der Waals surface area contributed by atoms with E-state index >= 15 is 0 Å². The fraction of sp³-hybridized carbons (Fsp3) is 0.778. The number of nitrogens with zero attached hydrogens (tertiary/aromatic N) is 1. The summed E-state index contributed by atoms with van der Waals surface area (Å²) >= 11 is 1.72. The van der Waals surface area contributed by atoms with Gasteiger partial charge in [0.15, 0.2) is 0 Å². The highest BCUT2D eigenvalue weighted by Gasteiger charge is 2.30.